The van der Waals surface area contributed by atoms with Crippen molar-refractivity contribution in [3.05, 3.63) is 58.6 Å². The Labute approximate surface area is 116 Å². The monoisotopic (exact) mass is 276 g/mol. The molecule has 0 saturated carbocycles. The summed E-state index contributed by atoms with van der Waals surface area (Å²) in [5, 5.41) is 9.98. The van der Waals surface area contributed by atoms with Gasteiger partial charge in [0.25, 0.3) is 0 Å². The number of halogens is 1. The van der Waals surface area contributed by atoms with Crippen LogP contribution in [0.4, 0.5) is 0 Å². The summed E-state index contributed by atoms with van der Waals surface area (Å²) in [5.41, 5.74) is 1.43. The maximum absolute atomic E-state index is 11.4. The first kappa shape index (κ1) is 13.5. The second-order valence-corrected chi connectivity index (χ2v) is 4.69. The first-order valence-corrected chi connectivity index (χ1v) is 6.21. The van der Waals surface area contributed by atoms with Gasteiger partial charge in [-0.15, -0.1) is 0 Å². The van der Waals surface area contributed by atoms with Crippen LogP contribution in [0.25, 0.3) is 0 Å². The largest absolute Gasteiger partial charge is 0.481 e. The molecule has 98 valence electrons. The van der Waals surface area contributed by atoms with Crippen molar-refractivity contribution in [2.45, 2.75) is 19.3 Å². The number of aryl methyl sites for hydroxylation is 1. The van der Waals surface area contributed by atoms with Crippen molar-refractivity contribution in [2.75, 3.05) is 0 Å². The Morgan fingerprint density at radius 1 is 1.32 bits per heavy atom. The molecule has 1 aromatic heterocycles. The van der Waals surface area contributed by atoms with E-state index >= 15 is 0 Å². The fourth-order valence-electron chi connectivity index (χ4n) is 1.84. The van der Waals surface area contributed by atoms with Gasteiger partial charge < -0.3 is 5.11 Å². The molecule has 5 heteroatoms. The zero-order chi connectivity index (χ0) is 13.8. The van der Waals surface area contributed by atoms with E-state index < -0.39 is 11.9 Å². The summed E-state index contributed by atoms with van der Waals surface area (Å²) in [4.78, 5) is 19.6. The zero-order valence-corrected chi connectivity index (χ0v) is 11.1. The van der Waals surface area contributed by atoms with Crippen LogP contribution >= 0.6 is 11.6 Å². The molecule has 0 fully saturated rings. The maximum atomic E-state index is 11.4. The third-order valence-corrected chi connectivity index (χ3v) is 3.06. The van der Waals surface area contributed by atoms with Crippen molar-refractivity contribution >= 4 is 17.6 Å². The van der Waals surface area contributed by atoms with E-state index in [0.717, 1.165) is 5.56 Å². The molecular weight excluding hydrogens is 264 g/mol. The lowest BCUT2D eigenvalue weighted by Gasteiger charge is -2.12. The van der Waals surface area contributed by atoms with E-state index in [1.807, 2.05) is 12.1 Å². The number of hydrogen-bond acceptors (Lipinski definition) is 3. The van der Waals surface area contributed by atoms with Gasteiger partial charge in [-0.1, -0.05) is 23.7 Å². The highest BCUT2D eigenvalue weighted by Gasteiger charge is 2.22. The highest BCUT2D eigenvalue weighted by molar-refractivity contribution is 6.30. The summed E-state index contributed by atoms with van der Waals surface area (Å²) in [5.74, 6) is -1.00. The standard InChI is InChI=1S/C14H13ClN2O2/c1-9-16-7-6-13(17-9)12(14(18)19)8-10-2-4-11(15)5-3-10/h2-7,12H,8H2,1H3,(H,18,19). The van der Waals surface area contributed by atoms with Gasteiger partial charge in [-0.2, -0.15) is 0 Å². The Balaban J connectivity index is 2.26. The number of benzene rings is 1. The van der Waals surface area contributed by atoms with Crippen LogP contribution in [0.3, 0.4) is 0 Å². The normalized spacial score (nSPS) is 12.1. The molecule has 0 spiro atoms. The van der Waals surface area contributed by atoms with E-state index in [9.17, 15) is 9.90 Å². The molecule has 0 radical (unpaired) electrons. The van der Waals surface area contributed by atoms with Gasteiger partial charge in [0.2, 0.25) is 0 Å². The molecule has 1 atom stereocenters. The van der Waals surface area contributed by atoms with Crippen LogP contribution < -0.4 is 0 Å². The van der Waals surface area contributed by atoms with Gasteiger partial charge in [0, 0.05) is 11.2 Å². The van der Waals surface area contributed by atoms with Crippen LogP contribution in [0.2, 0.25) is 5.02 Å². The number of rotatable bonds is 4. The first-order valence-electron chi connectivity index (χ1n) is 5.83. The Bertz CT molecular complexity index is 584. The van der Waals surface area contributed by atoms with Crippen LogP contribution in [0, 0.1) is 6.92 Å². The summed E-state index contributed by atoms with van der Waals surface area (Å²) in [6.07, 6.45) is 1.96. The predicted octanol–water partition coefficient (Wildman–Crippen LogP) is 2.85. The SMILES string of the molecule is Cc1nccc(C(Cc2ccc(Cl)cc2)C(=O)O)n1. The lowest BCUT2D eigenvalue weighted by Crippen LogP contribution is -2.16. The van der Waals surface area contributed by atoms with Gasteiger partial charge in [-0.05, 0) is 37.1 Å². The summed E-state index contributed by atoms with van der Waals surface area (Å²) in [6, 6.07) is 8.79. The van der Waals surface area contributed by atoms with E-state index in [0.29, 0.717) is 23.0 Å². The molecule has 0 aliphatic rings. The second kappa shape index (κ2) is 5.80. The number of carboxylic acid groups (broad SMARTS) is 1. The molecule has 0 saturated heterocycles. The summed E-state index contributed by atoms with van der Waals surface area (Å²) >= 11 is 5.81. The Morgan fingerprint density at radius 3 is 2.58 bits per heavy atom. The number of hydrogen-bond donors (Lipinski definition) is 1. The van der Waals surface area contributed by atoms with Crippen LogP contribution in [0.1, 0.15) is 23.0 Å². The quantitative estimate of drug-likeness (QED) is 0.933. The molecule has 1 heterocycles. The van der Waals surface area contributed by atoms with Crippen LogP contribution in [-0.4, -0.2) is 21.0 Å². The van der Waals surface area contributed by atoms with Crippen molar-refractivity contribution in [3.8, 4) is 0 Å². The number of carboxylic acids is 1. The Morgan fingerprint density at radius 2 is 2.00 bits per heavy atom. The molecule has 0 aliphatic carbocycles. The van der Waals surface area contributed by atoms with Crippen molar-refractivity contribution in [2.24, 2.45) is 0 Å². The number of carbonyl (C=O) groups is 1. The molecule has 0 aliphatic heterocycles. The number of aromatic nitrogens is 2. The highest BCUT2D eigenvalue weighted by atomic mass is 35.5. The fraction of sp³-hybridized carbons (Fsp3) is 0.214. The average Bonchev–Trinajstić information content (AvgIpc) is 2.37. The molecule has 0 amide bonds. The van der Waals surface area contributed by atoms with Crippen LogP contribution in [-0.2, 0) is 11.2 Å². The third kappa shape index (κ3) is 3.51. The topological polar surface area (TPSA) is 63.1 Å². The molecule has 2 aromatic rings. The summed E-state index contributed by atoms with van der Waals surface area (Å²) < 4.78 is 0. The smallest absolute Gasteiger partial charge is 0.312 e. The maximum Gasteiger partial charge on any atom is 0.312 e. The molecule has 19 heavy (non-hydrogen) atoms. The predicted molar refractivity (Wildman–Crippen MR) is 72.3 cm³/mol. The van der Waals surface area contributed by atoms with Gasteiger partial charge in [0.1, 0.15) is 11.7 Å². The van der Waals surface area contributed by atoms with E-state index in [1.165, 1.54) is 0 Å². The minimum absolute atomic E-state index is 0.378. The summed E-state index contributed by atoms with van der Waals surface area (Å²) in [7, 11) is 0. The van der Waals surface area contributed by atoms with E-state index in [2.05, 4.69) is 9.97 Å². The Hall–Kier alpha value is -1.94. The molecule has 0 bridgehead atoms. The molecule has 4 nitrogen and oxygen atoms in total. The summed E-state index contributed by atoms with van der Waals surface area (Å²) in [6.45, 7) is 1.74. The first-order chi connectivity index (χ1) is 9.06. The highest BCUT2D eigenvalue weighted by Crippen LogP contribution is 2.20. The Kier molecular flexibility index (Phi) is 4.12. The third-order valence-electron chi connectivity index (χ3n) is 2.81. The zero-order valence-electron chi connectivity index (χ0n) is 10.4. The average molecular weight is 277 g/mol. The molecule has 1 N–H and O–H groups in total. The van der Waals surface area contributed by atoms with E-state index in [-0.39, 0.29) is 0 Å². The van der Waals surface area contributed by atoms with Gasteiger partial charge in [0.15, 0.2) is 0 Å². The van der Waals surface area contributed by atoms with Crippen molar-refractivity contribution < 1.29 is 9.90 Å². The molecule has 1 unspecified atom stereocenters. The molecular formula is C14H13ClN2O2. The fourth-order valence-corrected chi connectivity index (χ4v) is 1.97. The van der Waals surface area contributed by atoms with E-state index in [1.54, 1.807) is 31.3 Å². The van der Waals surface area contributed by atoms with Crippen LogP contribution in [0.5, 0.6) is 0 Å². The van der Waals surface area contributed by atoms with Crippen molar-refractivity contribution in [3.63, 3.8) is 0 Å². The van der Waals surface area contributed by atoms with Gasteiger partial charge >= 0.3 is 5.97 Å². The van der Waals surface area contributed by atoms with Crippen LogP contribution in [0.15, 0.2) is 36.5 Å². The second-order valence-electron chi connectivity index (χ2n) is 4.25. The lowest BCUT2D eigenvalue weighted by molar-refractivity contribution is -0.138. The number of aliphatic carboxylic acids is 1. The molecule has 2 rings (SSSR count). The minimum Gasteiger partial charge on any atom is -0.481 e. The van der Waals surface area contributed by atoms with Crippen molar-refractivity contribution in [1.82, 2.24) is 9.97 Å². The van der Waals surface area contributed by atoms with E-state index in [4.69, 9.17) is 11.6 Å². The number of nitrogens with zero attached hydrogens (tertiary/aromatic N) is 2. The van der Waals surface area contributed by atoms with Gasteiger partial charge in [-0.25, -0.2) is 9.97 Å². The van der Waals surface area contributed by atoms with Gasteiger partial charge in [-0.3, -0.25) is 4.79 Å². The minimum atomic E-state index is -0.895. The molecule has 1 aromatic carbocycles. The van der Waals surface area contributed by atoms with Crippen molar-refractivity contribution in [1.29, 1.82) is 0 Å². The van der Waals surface area contributed by atoms with Gasteiger partial charge in [0.05, 0.1) is 5.69 Å². The lowest BCUT2D eigenvalue weighted by atomic mass is 9.96.